The van der Waals surface area contributed by atoms with Crippen LogP contribution in [-0.4, -0.2) is 23.0 Å². The van der Waals surface area contributed by atoms with E-state index in [1.54, 1.807) is 12.2 Å². The third-order valence-corrected chi connectivity index (χ3v) is 4.10. The van der Waals surface area contributed by atoms with Crippen LogP contribution in [0.3, 0.4) is 0 Å². The van der Waals surface area contributed by atoms with Crippen LogP contribution in [0.25, 0.3) is 5.57 Å². The van der Waals surface area contributed by atoms with Gasteiger partial charge in [-0.1, -0.05) is 17.7 Å². The van der Waals surface area contributed by atoms with Crippen LogP contribution in [-0.2, 0) is 6.18 Å². The second-order valence-electron chi connectivity index (χ2n) is 4.55. The number of halogens is 4. The molecule has 0 aliphatic carbocycles. The molecular weight excluding hydrogens is 321 g/mol. The summed E-state index contributed by atoms with van der Waals surface area (Å²) in [6.07, 6.45) is 0.749. The summed E-state index contributed by atoms with van der Waals surface area (Å²) >= 11 is 7.08. The van der Waals surface area contributed by atoms with Gasteiger partial charge in [0.25, 0.3) is 0 Å². The van der Waals surface area contributed by atoms with Crippen molar-refractivity contribution in [2.75, 3.05) is 12.3 Å². The van der Waals surface area contributed by atoms with E-state index in [9.17, 15) is 13.2 Å². The average molecular weight is 331 g/mol. The highest BCUT2D eigenvalue weighted by atomic mass is 35.5. The number of alkyl halides is 3. The number of hydrogen-bond donors (Lipinski definition) is 0. The first-order valence-electron chi connectivity index (χ1n) is 6.19. The van der Waals surface area contributed by atoms with Crippen LogP contribution >= 0.6 is 23.5 Å². The molecule has 1 aromatic carbocycles. The van der Waals surface area contributed by atoms with Gasteiger partial charge in [0.2, 0.25) is 0 Å². The first kappa shape index (κ1) is 14.5. The number of nitrogens with zero attached hydrogens (tertiary/aromatic N) is 2. The molecule has 0 fully saturated rings. The normalized spacial score (nSPS) is 18.2. The Kier molecular flexibility index (Phi) is 3.75. The highest BCUT2D eigenvalue weighted by Gasteiger charge is 2.36. The smallest absolute Gasteiger partial charge is 0.331 e. The molecule has 2 aliphatic heterocycles. The first-order chi connectivity index (χ1) is 9.97. The van der Waals surface area contributed by atoms with E-state index in [2.05, 4.69) is 4.40 Å². The quantitative estimate of drug-likeness (QED) is 0.698. The number of benzene rings is 1. The van der Waals surface area contributed by atoms with Gasteiger partial charge in [-0.2, -0.15) is 17.6 Å². The van der Waals surface area contributed by atoms with Gasteiger partial charge in [0, 0.05) is 29.1 Å². The zero-order valence-electron chi connectivity index (χ0n) is 10.7. The summed E-state index contributed by atoms with van der Waals surface area (Å²) in [7, 11) is 0. The van der Waals surface area contributed by atoms with Gasteiger partial charge in [0.15, 0.2) is 0 Å². The molecule has 2 nitrogen and oxygen atoms in total. The van der Waals surface area contributed by atoms with Gasteiger partial charge in [0.05, 0.1) is 5.56 Å². The van der Waals surface area contributed by atoms with Crippen LogP contribution in [0.1, 0.15) is 11.1 Å². The summed E-state index contributed by atoms with van der Waals surface area (Å²) in [5, 5.41) is 0.0647. The molecule has 0 radical (unpaired) electrons. The van der Waals surface area contributed by atoms with E-state index in [1.807, 2.05) is 11.1 Å². The fourth-order valence-electron chi connectivity index (χ4n) is 2.27. The van der Waals surface area contributed by atoms with Crippen LogP contribution < -0.4 is 0 Å². The summed E-state index contributed by atoms with van der Waals surface area (Å²) in [6.45, 7) is 0.728. The molecule has 2 aliphatic rings. The molecule has 7 heteroatoms. The Hall–Kier alpha value is -1.40. The number of allylic oxidation sites excluding steroid dienone is 2. The molecule has 0 saturated heterocycles. The molecule has 2 heterocycles. The monoisotopic (exact) mass is 330 g/mol. The van der Waals surface area contributed by atoms with Crippen molar-refractivity contribution in [2.24, 2.45) is 4.40 Å². The summed E-state index contributed by atoms with van der Waals surface area (Å²) in [4.78, 5) is 1.86. The van der Waals surface area contributed by atoms with E-state index < -0.39 is 11.7 Å². The minimum Gasteiger partial charge on any atom is -0.331 e. The SMILES string of the molecule is FC(F)(F)c1cc(Cl)ccc1C1=CC=CN2CCSN=C12. The summed E-state index contributed by atoms with van der Waals surface area (Å²) in [6, 6.07) is 3.82. The maximum absolute atomic E-state index is 13.2. The lowest BCUT2D eigenvalue weighted by molar-refractivity contribution is -0.137. The Bertz CT molecular complexity index is 665. The average Bonchev–Trinajstić information content (AvgIpc) is 2.46. The number of hydrogen-bond acceptors (Lipinski definition) is 3. The van der Waals surface area contributed by atoms with Crippen molar-refractivity contribution in [1.82, 2.24) is 4.90 Å². The van der Waals surface area contributed by atoms with Crippen LogP contribution in [0.5, 0.6) is 0 Å². The second kappa shape index (κ2) is 5.42. The van der Waals surface area contributed by atoms with Crippen LogP contribution in [0.4, 0.5) is 13.2 Å². The van der Waals surface area contributed by atoms with E-state index in [0.717, 1.165) is 18.4 Å². The van der Waals surface area contributed by atoms with Crippen molar-refractivity contribution in [2.45, 2.75) is 6.18 Å². The van der Waals surface area contributed by atoms with E-state index in [0.29, 0.717) is 11.4 Å². The van der Waals surface area contributed by atoms with Crippen molar-refractivity contribution in [3.05, 3.63) is 52.7 Å². The fourth-order valence-corrected chi connectivity index (χ4v) is 3.13. The van der Waals surface area contributed by atoms with Gasteiger partial charge in [0.1, 0.15) is 5.84 Å². The molecule has 0 amide bonds. The zero-order valence-corrected chi connectivity index (χ0v) is 12.3. The van der Waals surface area contributed by atoms with E-state index in [1.165, 1.54) is 24.1 Å². The Labute approximate surface area is 129 Å². The summed E-state index contributed by atoms with van der Waals surface area (Å²) in [5.41, 5.74) is -0.175. The fraction of sp³-hybridized carbons (Fsp3) is 0.214. The summed E-state index contributed by atoms with van der Waals surface area (Å²) < 4.78 is 44.0. The molecule has 0 unspecified atom stereocenters. The molecule has 1 aromatic rings. The molecule has 0 bridgehead atoms. The van der Waals surface area contributed by atoms with Crippen molar-refractivity contribution in [1.29, 1.82) is 0 Å². The molecular formula is C14H10ClF3N2S. The molecule has 0 aromatic heterocycles. The minimum atomic E-state index is -4.46. The van der Waals surface area contributed by atoms with Gasteiger partial charge in [-0.15, -0.1) is 0 Å². The lowest BCUT2D eigenvalue weighted by Gasteiger charge is -2.30. The van der Waals surface area contributed by atoms with Gasteiger partial charge < -0.3 is 4.90 Å². The lowest BCUT2D eigenvalue weighted by atomic mass is 9.96. The zero-order chi connectivity index (χ0) is 15.0. The van der Waals surface area contributed by atoms with Crippen LogP contribution in [0, 0.1) is 0 Å². The largest absolute Gasteiger partial charge is 0.417 e. The number of amidine groups is 1. The molecule has 0 saturated carbocycles. The molecule has 110 valence electrons. The maximum Gasteiger partial charge on any atom is 0.417 e. The Morgan fingerprint density at radius 3 is 2.86 bits per heavy atom. The van der Waals surface area contributed by atoms with Gasteiger partial charge in [-0.3, -0.25) is 0 Å². The molecule has 0 N–H and O–H groups in total. The van der Waals surface area contributed by atoms with Crippen molar-refractivity contribution >= 4 is 35.0 Å². The maximum atomic E-state index is 13.2. The van der Waals surface area contributed by atoms with Crippen LogP contribution in [0.2, 0.25) is 5.02 Å². The molecule has 0 atom stereocenters. The third kappa shape index (κ3) is 2.82. The van der Waals surface area contributed by atoms with Gasteiger partial charge in [-0.25, -0.2) is 0 Å². The predicted molar refractivity (Wildman–Crippen MR) is 80.2 cm³/mol. The Balaban J connectivity index is 2.14. The van der Waals surface area contributed by atoms with Gasteiger partial charge >= 0.3 is 6.18 Å². The molecule has 3 rings (SSSR count). The third-order valence-electron chi connectivity index (χ3n) is 3.19. The van der Waals surface area contributed by atoms with E-state index in [4.69, 9.17) is 11.6 Å². The Morgan fingerprint density at radius 1 is 1.29 bits per heavy atom. The van der Waals surface area contributed by atoms with Crippen molar-refractivity contribution < 1.29 is 13.2 Å². The minimum absolute atomic E-state index is 0.0647. The van der Waals surface area contributed by atoms with E-state index >= 15 is 0 Å². The summed E-state index contributed by atoms with van der Waals surface area (Å²) in [5.74, 6) is 1.37. The number of fused-ring (bicyclic) bond motifs is 1. The number of rotatable bonds is 1. The first-order valence-corrected chi connectivity index (χ1v) is 7.51. The highest BCUT2D eigenvalue weighted by Crippen LogP contribution is 2.38. The van der Waals surface area contributed by atoms with Crippen molar-refractivity contribution in [3.63, 3.8) is 0 Å². The lowest BCUT2D eigenvalue weighted by Crippen LogP contribution is -2.33. The van der Waals surface area contributed by atoms with Crippen molar-refractivity contribution in [3.8, 4) is 0 Å². The predicted octanol–water partition coefficient (Wildman–Crippen LogP) is 4.63. The van der Waals surface area contributed by atoms with Crippen LogP contribution in [0.15, 0.2) is 40.9 Å². The molecule has 21 heavy (non-hydrogen) atoms. The highest BCUT2D eigenvalue weighted by molar-refractivity contribution is 7.98. The van der Waals surface area contributed by atoms with Gasteiger partial charge in [-0.05, 0) is 41.8 Å². The second-order valence-corrected chi connectivity index (χ2v) is 5.84. The standard InChI is InChI=1S/C14H10ClF3N2S/c15-9-3-4-10(12(8-9)14(16,17)18)11-2-1-5-20-6-7-21-19-13(11)20/h1-5,8H,6-7H2. The molecule has 0 spiro atoms. The topological polar surface area (TPSA) is 15.6 Å². The van der Waals surface area contributed by atoms with E-state index in [-0.39, 0.29) is 10.6 Å². The Morgan fingerprint density at radius 2 is 2.10 bits per heavy atom.